The molecule has 1 saturated heterocycles. The molecule has 1 atom stereocenters. The summed E-state index contributed by atoms with van der Waals surface area (Å²) in [7, 11) is 1.81. The zero-order valence-corrected chi connectivity index (χ0v) is 11.7. The fourth-order valence-corrected chi connectivity index (χ4v) is 2.47. The lowest BCUT2D eigenvalue weighted by Gasteiger charge is -2.38. The second-order valence-corrected chi connectivity index (χ2v) is 4.90. The van der Waals surface area contributed by atoms with E-state index in [9.17, 15) is 4.79 Å². The second kappa shape index (κ2) is 6.63. The quantitative estimate of drug-likeness (QED) is 0.859. The van der Waals surface area contributed by atoms with Gasteiger partial charge < -0.3 is 10.2 Å². The zero-order chi connectivity index (χ0) is 13.7. The molecule has 1 aromatic rings. The number of amides is 1. The molecule has 1 aliphatic heterocycles. The highest BCUT2D eigenvalue weighted by atomic mass is 16.2. The summed E-state index contributed by atoms with van der Waals surface area (Å²) in [5.41, 5.74) is 1.28. The van der Waals surface area contributed by atoms with Crippen LogP contribution >= 0.6 is 0 Å². The topological polar surface area (TPSA) is 48.5 Å². The summed E-state index contributed by atoms with van der Waals surface area (Å²) in [4.78, 5) is 20.2. The summed E-state index contributed by atoms with van der Waals surface area (Å²) in [5.74, 6) is 0.193. The van der Waals surface area contributed by atoms with E-state index in [0.29, 0.717) is 12.6 Å². The Labute approximate surface area is 114 Å². The maximum absolute atomic E-state index is 11.8. The zero-order valence-electron chi connectivity index (χ0n) is 11.7. The highest BCUT2D eigenvalue weighted by Gasteiger charge is 2.24. The minimum atomic E-state index is 0.193. The van der Waals surface area contributed by atoms with Gasteiger partial charge in [0.2, 0.25) is 5.91 Å². The van der Waals surface area contributed by atoms with Crippen molar-refractivity contribution in [2.75, 3.05) is 39.8 Å². The van der Waals surface area contributed by atoms with Crippen LogP contribution in [0.4, 0.5) is 0 Å². The third-order valence-corrected chi connectivity index (χ3v) is 3.73. The molecule has 1 N–H and O–H groups in total. The Bertz CT molecular complexity index is 401. The van der Waals surface area contributed by atoms with Crippen molar-refractivity contribution >= 4 is 5.91 Å². The molecule has 5 heteroatoms. The highest BCUT2D eigenvalue weighted by molar-refractivity contribution is 5.78. The lowest BCUT2D eigenvalue weighted by Crippen LogP contribution is -2.51. The van der Waals surface area contributed by atoms with Crippen molar-refractivity contribution < 1.29 is 4.79 Å². The Morgan fingerprint density at radius 1 is 1.32 bits per heavy atom. The summed E-state index contributed by atoms with van der Waals surface area (Å²) in [5, 5.41) is 2.91. The number of nitrogens with one attached hydrogen (secondary N) is 1. The molecule has 1 aromatic heterocycles. The molecule has 2 heterocycles. The van der Waals surface area contributed by atoms with Gasteiger partial charge in [0, 0.05) is 44.6 Å². The molecule has 1 unspecified atom stereocenters. The Hall–Kier alpha value is -1.46. The maximum Gasteiger partial charge on any atom is 0.236 e. The second-order valence-electron chi connectivity index (χ2n) is 4.90. The summed E-state index contributed by atoms with van der Waals surface area (Å²) in [6, 6.07) is 4.50. The molecule has 0 saturated carbocycles. The standard InChI is InChI=1S/C14H22N4O/c1-12(13-3-5-16-6-4-13)17-7-9-18(10-8-17)14(19)11-15-2/h3-6,12,15H,7-11H2,1-2H3. The average Bonchev–Trinajstić information content (AvgIpc) is 2.48. The first-order valence-electron chi connectivity index (χ1n) is 6.78. The van der Waals surface area contributed by atoms with Crippen LogP contribution in [0, 0.1) is 0 Å². The number of piperazine rings is 1. The SMILES string of the molecule is CNCC(=O)N1CCN(C(C)c2ccncc2)CC1. The molecule has 104 valence electrons. The van der Waals surface area contributed by atoms with Crippen LogP contribution in [0.2, 0.25) is 0 Å². The highest BCUT2D eigenvalue weighted by Crippen LogP contribution is 2.20. The number of likely N-dealkylation sites (N-methyl/N-ethyl adjacent to an activating group) is 1. The van der Waals surface area contributed by atoms with E-state index in [0.717, 1.165) is 26.2 Å². The van der Waals surface area contributed by atoms with Gasteiger partial charge in [-0.1, -0.05) is 0 Å². The van der Waals surface area contributed by atoms with Crippen molar-refractivity contribution in [2.45, 2.75) is 13.0 Å². The average molecular weight is 262 g/mol. The predicted molar refractivity (Wildman–Crippen MR) is 74.7 cm³/mol. The maximum atomic E-state index is 11.8. The third-order valence-electron chi connectivity index (χ3n) is 3.73. The van der Waals surface area contributed by atoms with Crippen LogP contribution in [0.5, 0.6) is 0 Å². The van der Waals surface area contributed by atoms with Crippen molar-refractivity contribution in [3.05, 3.63) is 30.1 Å². The minimum absolute atomic E-state index is 0.193. The van der Waals surface area contributed by atoms with Gasteiger partial charge in [0.25, 0.3) is 0 Å². The minimum Gasteiger partial charge on any atom is -0.339 e. The lowest BCUT2D eigenvalue weighted by atomic mass is 10.1. The number of carbonyl (C=O) groups is 1. The summed E-state index contributed by atoms with van der Waals surface area (Å²) >= 11 is 0. The number of aromatic nitrogens is 1. The number of rotatable bonds is 4. The first kappa shape index (κ1) is 14.0. The van der Waals surface area contributed by atoms with E-state index < -0.39 is 0 Å². The molecule has 0 aromatic carbocycles. The molecule has 0 bridgehead atoms. The molecule has 0 aliphatic carbocycles. The monoisotopic (exact) mass is 262 g/mol. The van der Waals surface area contributed by atoms with Crippen LogP contribution in [0.3, 0.4) is 0 Å². The van der Waals surface area contributed by atoms with Crippen molar-refractivity contribution in [3.8, 4) is 0 Å². The predicted octanol–water partition coefficient (Wildman–Crippen LogP) is 0.506. The lowest BCUT2D eigenvalue weighted by molar-refractivity contribution is -0.132. The van der Waals surface area contributed by atoms with Crippen LogP contribution in [0.25, 0.3) is 0 Å². The first-order chi connectivity index (χ1) is 9.22. The number of hydrogen-bond donors (Lipinski definition) is 1. The van der Waals surface area contributed by atoms with Crippen molar-refractivity contribution in [1.29, 1.82) is 0 Å². The van der Waals surface area contributed by atoms with Crippen molar-refractivity contribution in [2.24, 2.45) is 0 Å². The van der Waals surface area contributed by atoms with Gasteiger partial charge in [0.1, 0.15) is 0 Å². The number of pyridine rings is 1. The van der Waals surface area contributed by atoms with E-state index in [2.05, 4.69) is 34.3 Å². The third kappa shape index (κ3) is 3.52. The van der Waals surface area contributed by atoms with Crippen LogP contribution in [0.15, 0.2) is 24.5 Å². The van der Waals surface area contributed by atoms with Crippen LogP contribution in [-0.2, 0) is 4.79 Å². The number of nitrogens with zero attached hydrogens (tertiary/aromatic N) is 3. The van der Waals surface area contributed by atoms with Gasteiger partial charge in [-0.15, -0.1) is 0 Å². The number of hydrogen-bond acceptors (Lipinski definition) is 4. The van der Waals surface area contributed by atoms with Crippen molar-refractivity contribution in [3.63, 3.8) is 0 Å². The van der Waals surface area contributed by atoms with E-state index in [4.69, 9.17) is 0 Å². The molecule has 0 radical (unpaired) electrons. The van der Waals surface area contributed by atoms with E-state index in [1.54, 1.807) is 7.05 Å². The fourth-order valence-electron chi connectivity index (χ4n) is 2.47. The van der Waals surface area contributed by atoms with Gasteiger partial charge in [0.05, 0.1) is 6.54 Å². The molecular weight excluding hydrogens is 240 g/mol. The largest absolute Gasteiger partial charge is 0.339 e. The van der Waals surface area contributed by atoms with E-state index >= 15 is 0 Å². The smallest absolute Gasteiger partial charge is 0.236 e. The normalized spacial score (nSPS) is 18.3. The Balaban J connectivity index is 1.88. The van der Waals surface area contributed by atoms with Gasteiger partial charge in [0.15, 0.2) is 0 Å². The molecule has 1 fully saturated rings. The Morgan fingerprint density at radius 3 is 2.53 bits per heavy atom. The van der Waals surface area contributed by atoms with Crippen LogP contribution in [-0.4, -0.2) is 60.5 Å². The Kier molecular flexibility index (Phi) is 4.87. The summed E-state index contributed by atoms with van der Waals surface area (Å²) in [6.07, 6.45) is 3.66. The van der Waals surface area contributed by atoms with Gasteiger partial charge in [-0.3, -0.25) is 14.7 Å². The fraction of sp³-hybridized carbons (Fsp3) is 0.571. The van der Waals surface area contributed by atoms with Gasteiger partial charge in [-0.05, 0) is 31.7 Å². The van der Waals surface area contributed by atoms with E-state index in [1.807, 2.05) is 17.3 Å². The number of carbonyl (C=O) groups excluding carboxylic acids is 1. The molecule has 1 aliphatic rings. The van der Waals surface area contributed by atoms with Crippen LogP contribution < -0.4 is 5.32 Å². The molecule has 2 rings (SSSR count). The molecule has 5 nitrogen and oxygen atoms in total. The van der Waals surface area contributed by atoms with E-state index in [-0.39, 0.29) is 5.91 Å². The molecule has 19 heavy (non-hydrogen) atoms. The van der Waals surface area contributed by atoms with Crippen molar-refractivity contribution in [1.82, 2.24) is 20.1 Å². The first-order valence-corrected chi connectivity index (χ1v) is 6.78. The van der Waals surface area contributed by atoms with E-state index in [1.165, 1.54) is 5.56 Å². The molecule has 1 amide bonds. The van der Waals surface area contributed by atoms with Gasteiger partial charge in [-0.2, -0.15) is 0 Å². The molecular formula is C14H22N4O. The Morgan fingerprint density at radius 2 is 1.95 bits per heavy atom. The summed E-state index contributed by atoms with van der Waals surface area (Å²) < 4.78 is 0. The van der Waals surface area contributed by atoms with Crippen LogP contribution in [0.1, 0.15) is 18.5 Å². The molecule has 0 spiro atoms. The van der Waals surface area contributed by atoms with Gasteiger partial charge >= 0.3 is 0 Å². The van der Waals surface area contributed by atoms with Gasteiger partial charge in [-0.25, -0.2) is 0 Å². The summed E-state index contributed by atoms with van der Waals surface area (Å²) in [6.45, 7) is 6.13.